The fraction of sp³-hybridized carbons (Fsp3) is 1.00. The molecule has 0 heterocycles. The third-order valence-electron chi connectivity index (χ3n) is 0.867. The van der Waals surface area contributed by atoms with Crippen LogP contribution in [0.4, 0.5) is 0 Å². The van der Waals surface area contributed by atoms with Crippen molar-refractivity contribution in [2.24, 2.45) is 0 Å². The van der Waals surface area contributed by atoms with E-state index in [1.165, 1.54) is 0 Å². The molecule has 1 unspecified atom stereocenters. The summed E-state index contributed by atoms with van der Waals surface area (Å²) in [6.07, 6.45) is 2.00. The highest BCUT2D eigenvalue weighted by Gasteiger charge is 2.17. The lowest BCUT2D eigenvalue weighted by molar-refractivity contribution is 0.184. The van der Waals surface area contributed by atoms with Crippen molar-refractivity contribution in [2.45, 2.75) is 18.8 Å². The molecule has 9 heavy (non-hydrogen) atoms. The zero-order valence-corrected chi connectivity index (χ0v) is 7.81. The Balaban J connectivity index is 3.43. The van der Waals surface area contributed by atoms with E-state index in [0.717, 1.165) is 11.5 Å². The van der Waals surface area contributed by atoms with Crippen LogP contribution in [0.15, 0.2) is 0 Å². The van der Waals surface area contributed by atoms with E-state index in [2.05, 4.69) is 6.92 Å². The summed E-state index contributed by atoms with van der Waals surface area (Å²) in [5.74, 6) is 1.79. The predicted molar refractivity (Wildman–Crippen MR) is 47.1 cm³/mol. The maximum absolute atomic E-state index is 9.46. The summed E-state index contributed by atoms with van der Waals surface area (Å²) in [6.45, 7) is 3.91. The van der Waals surface area contributed by atoms with Crippen molar-refractivity contribution >= 4 is 23.5 Å². The van der Waals surface area contributed by atoms with E-state index in [0.29, 0.717) is 0 Å². The average Bonchev–Trinajstić information content (AvgIpc) is 1.64. The second-order valence-electron chi connectivity index (χ2n) is 2.04. The van der Waals surface area contributed by atoms with Crippen molar-refractivity contribution in [1.29, 1.82) is 0 Å². The second-order valence-corrected chi connectivity index (χ2v) is 4.65. The molecule has 0 spiro atoms. The van der Waals surface area contributed by atoms with Gasteiger partial charge in [0.1, 0.15) is 4.93 Å². The molecule has 0 aliphatic rings. The summed E-state index contributed by atoms with van der Waals surface area (Å²) in [5.41, 5.74) is 0. The Morgan fingerprint density at radius 2 is 2.11 bits per heavy atom. The third kappa shape index (κ3) is 5.12. The van der Waals surface area contributed by atoms with Gasteiger partial charge < -0.3 is 5.11 Å². The van der Waals surface area contributed by atoms with Crippen LogP contribution in [0, 0.1) is 0 Å². The first kappa shape index (κ1) is 9.66. The Morgan fingerprint density at radius 3 is 2.44 bits per heavy atom. The molecule has 0 aliphatic heterocycles. The minimum atomic E-state index is -0.520. The Bertz CT molecular complexity index is 65.5. The normalized spacial score (nSPS) is 17.3. The molecule has 1 atom stereocenters. The number of rotatable bonds is 4. The standard InChI is InChI=1S/C6H14OS2/c1-4-9-6(2,7)5-8-3/h7H,4-5H2,1-3H3. The summed E-state index contributed by atoms with van der Waals surface area (Å²) in [7, 11) is 0. The van der Waals surface area contributed by atoms with E-state index in [9.17, 15) is 5.11 Å². The van der Waals surface area contributed by atoms with Crippen molar-refractivity contribution in [3.05, 3.63) is 0 Å². The first-order chi connectivity index (χ1) is 4.12. The number of hydrogen-bond acceptors (Lipinski definition) is 3. The van der Waals surface area contributed by atoms with Gasteiger partial charge in [-0.15, -0.1) is 11.8 Å². The molecular formula is C6H14OS2. The Morgan fingerprint density at radius 1 is 1.56 bits per heavy atom. The fourth-order valence-electron chi connectivity index (χ4n) is 0.620. The number of hydrogen-bond donors (Lipinski definition) is 1. The van der Waals surface area contributed by atoms with Crippen LogP contribution in [0.5, 0.6) is 0 Å². The van der Waals surface area contributed by atoms with Crippen LogP contribution < -0.4 is 0 Å². The molecule has 56 valence electrons. The van der Waals surface area contributed by atoms with Gasteiger partial charge in [0.15, 0.2) is 0 Å². The van der Waals surface area contributed by atoms with Gasteiger partial charge in [-0.1, -0.05) is 6.92 Å². The molecule has 0 bridgehead atoms. The van der Waals surface area contributed by atoms with Crippen molar-refractivity contribution in [3.63, 3.8) is 0 Å². The summed E-state index contributed by atoms with van der Waals surface area (Å²) >= 11 is 3.27. The SMILES string of the molecule is CCSC(C)(O)CSC. The lowest BCUT2D eigenvalue weighted by Crippen LogP contribution is -2.22. The van der Waals surface area contributed by atoms with Crippen LogP contribution in [-0.2, 0) is 0 Å². The Labute approximate surface area is 65.6 Å². The van der Waals surface area contributed by atoms with Gasteiger partial charge in [0.05, 0.1) is 0 Å². The highest BCUT2D eigenvalue weighted by Crippen LogP contribution is 2.24. The number of thioether (sulfide) groups is 2. The molecule has 3 heteroatoms. The van der Waals surface area contributed by atoms with Crippen molar-refractivity contribution in [2.75, 3.05) is 17.8 Å². The average molecular weight is 166 g/mol. The highest BCUT2D eigenvalue weighted by atomic mass is 32.2. The molecule has 0 aromatic rings. The van der Waals surface area contributed by atoms with Crippen molar-refractivity contribution in [1.82, 2.24) is 0 Å². The van der Waals surface area contributed by atoms with E-state index in [1.807, 2.05) is 13.2 Å². The highest BCUT2D eigenvalue weighted by molar-refractivity contribution is 8.03. The quantitative estimate of drug-likeness (QED) is 0.643. The van der Waals surface area contributed by atoms with E-state index < -0.39 is 4.93 Å². The van der Waals surface area contributed by atoms with Crippen LogP contribution in [0.3, 0.4) is 0 Å². The van der Waals surface area contributed by atoms with Crippen LogP contribution >= 0.6 is 23.5 Å². The Kier molecular flexibility index (Phi) is 4.80. The van der Waals surface area contributed by atoms with Crippen LogP contribution in [0.1, 0.15) is 13.8 Å². The minimum absolute atomic E-state index is 0.520. The van der Waals surface area contributed by atoms with E-state index in [4.69, 9.17) is 0 Å². The van der Waals surface area contributed by atoms with E-state index in [-0.39, 0.29) is 0 Å². The molecule has 0 rings (SSSR count). The zero-order chi connectivity index (χ0) is 7.33. The molecule has 0 radical (unpaired) electrons. The summed E-state index contributed by atoms with van der Waals surface area (Å²) in [4.78, 5) is -0.520. The van der Waals surface area contributed by atoms with E-state index in [1.54, 1.807) is 23.5 Å². The summed E-state index contributed by atoms with van der Waals surface area (Å²) in [6, 6.07) is 0. The van der Waals surface area contributed by atoms with Crippen molar-refractivity contribution in [3.8, 4) is 0 Å². The first-order valence-electron chi connectivity index (χ1n) is 2.97. The molecular weight excluding hydrogens is 152 g/mol. The van der Waals surface area contributed by atoms with Crippen LogP contribution in [0.25, 0.3) is 0 Å². The van der Waals surface area contributed by atoms with Crippen LogP contribution in [0.2, 0.25) is 0 Å². The summed E-state index contributed by atoms with van der Waals surface area (Å²) < 4.78 is 0. The summed E-state index contributed by atoms with van der Waals surface area (Å²) in [5, 5.41) is 9.46. The van der Waals surface area contributed by atoms with Gasteiger partial charge >= 0.3 is 0 Å². The topological polar surface area (TPSA) is 20.2 Å². The lowest BCUT2D eigenvalue weighted by atomic mass is 10.5. The number of aliphatic hydroxyl groups is 1. The molecule has 0 aliphatic carbocycles. The van der Waals surface area contributed by atoms with Gasteiger partial charge in [0.25, 0.3) is 0 Å². The maximum Gasteiger partial charge on any atom is 0.116 e. The van der Waals surface area contributed by atoms with Crippen molar-refractivity contribution < 1.29 is 5.11 Å². The molecule has 0 amide bonds. The molecule has 0 fully saturated rings. The maximum atomic E-state index is 9.46. The predicted octanol–water partition coefficient (Wildman–Crippen LogP) is 1.81. The lowest BCUT2D eigenvalue weighted by Gasteiger charge is -2.19. The molecule has 1 nitrogen and oxygen atoms in total. The third-order valence-corrected chi connectivity index (χ3v) is 2.96. The van der Waals surface area contributed by atoms with Crippen LogP contribution in [-0.4, -0.2) is 27.8 Å². The monoisotopic (exact) mass is 166 g/mol. The molecule has 0 saturated heterocycles. The van der Waals surface area contributed by atoms with Gasteiger partial charge in [-0.2, -0.15) is 11.8 Å². The van der Waals surface area contributed by atoms with Gasteiger partial charge in [-0.05, 0) is 18.9 Å². The van der Waals surface area contributed by atoms with Gasteiger partial charge in [0.2, 0.25) is 0 Å². The molecule has 0 saturated carbocycles. The second kappa shape index (κ2) is 4.47. The van der Waals surface area contributed by atoms with E-state index >= 15 is 0 Å². The first-order valence-corrected chi connectivity index (χ1v) is 5.35. The molecule has 0 aromatic heterocycles. The largest absolute Gasteiger partial charge is 0.379 e. The fourth-order valence-corrected chi connectivity index (χ4v) is 2.46. The van der Waals surface area contributed by atoms with Gasteiger partial charge in [0, 0.05) is 5.75 Å². The smallest absolute Gasteiger partial charge is 0.116 e. The molecule has 1 N–H and O–H groups in total. The minimum Gasteiger partial charge on any atom is -0.379 e. The van der Waals surface area contributed by atoms with Gasteiger partial charge in [-0.3, -0.25) is 0 Å². The molecule has 0 aromatic carbocycles. The Hall–Kier alpha value is 0.660. The van der Waals surface area contributed by atoms with Gasteiger partial charge in [-0.25, -0.2) is 0 Å². The zero-order valence-electron chi connectivity index (χ0n) is 6.18.